The van der Waals surface area contributed by atoms with Crippen molar-refractivity contribution in [3.05, 3.63) is 81.8 Å². The molecule has 9 nitrogen and oxygen atoms in total. The summed E-state index contributed by atoms with van der Waals surface area (Å²) in [5.41, 5.74) is 4.77. The number of carbonyl (C=O) groups excluding carboxylic acids is 2. The number of halogens is 1. The summed E-state index contributed by atoms with van der Waals surface area (Å²) in [7, 11) is 3.05. The molecule has 0 saturated carbocycles. The van der Waals surface area contributed by atoms with Gasteiger partial charge in [-0.05, 0) is 64.0 Å². The molecule has 2 amide bonds. The van der Waals surface area contributed by atoms with Crippen LogP contribution in [0.25, 0.3) is 0 Å². The quantitative estimate of drug-likeness (QED) is 0.219. The third-order valence-corrected chi connectivity index (χ3v) is 5.45. The molecule has 10 heteroatoms. The average molecular weight is 551 g/mol. The molecule has 0 fully saturated rings. The predicted octanol–water partition coefficient (Wildman–Crippen LogP) is 4.40. The van der Waals surface area contributed by atoms with Crippen LogP contribution >= 0.6 is 15.9 Å². The third kappa shape index (κ3) is 7.32. The highest BCUT2D eigenvalue weighted by Gasteiger charge is 2.13. The molecule has 0 saturated heterocycles. The molecule has 0 heterocycles. The van der Waals surface area contributed by atoms with Crippen molar-refractivity contribution in [1.29, 1.82) is 5.26 Å². The molecule has 3 aromatic carbocycles. The number of hydrogen-bond donors (Lipinski definition) is 2. The number of carbonyl (C=O) groups is 2. The minimum absolute atomic E-state index is 0.181. The largest absolute Gasteiger partial charge is 0.497 e. The predicted molar refractivity (Wildman–Crippen MR) is 138 cm³/mol. The lowest BCUT2D eigenvalue weighted by Gasteiger charge is -2.14. The summed E-state index contributed by atoms with van der Waals surface area (Å²) < 4.78 is 17.0. The maximum absolute atomic E-state index is 12.1. The van der Waals surface area contributed by atoms with E-state index in [1.807, 2.05) is 12.1 Å². The average Bonchev–Trinajstić information content (AvgIpc) is 2.88. The Hall–Kier alpha value is -4.36. The van der Waals surface area contributed by atoms with Crippen LogP contribution in [0, 0.1) is 11.3 Å². The van der Waals surface area contributed by atoms with Crippen molar-refractivity contribution < 1.29 is 23.8 Å². The molecule has 0 aromatic heterocycles. The monoisotopic (exact) mass is 550 g/mol. The second-order valence-corrected chi connectivity index (χ2v) is 8.19. The molecule has 36 heavy (non-hydrogen) atoms. The van der Waals surface area contributed by atoms with Gasteiger partial charge in [0.2, 0.25) is 11.8 Å². The first-order valence-corrected chi connectivity index (χ1v) is 11.5. The lowest BCUT2D eigenvalue weighted by atomic mass is 10.1. The number of hydrogen-bond acceptors (Lipinski definition) is 7. The number of methoxy groups -OCH3 is 2. The zero-order valence-electron chi connectivity index (χ0n) is 19.6. The van der Waals surface area contributed by atoms with Crippen molar-refractivity contribution in [3.63, 3.8) is 0 Å². The van der Waals surface area contributed by atoms with Gasteiger partial charge in [0.25, 0.3) is 0 Å². The highest BCUT2D eigenvalue weighted by atomic mass is 79.9. The molecule has 0 unspecified atom stereocenters. The molecule has 3 aromatic rings. The van der Waals surface area contributed by atoms with Gasteiger partial charge in [-0.3, -0.25) is 9.59 Å². The fourth-order valence-electron chi connectivity index (χ4n) is 3.10. The maximum atomic E-state index is 12.1. The van der Waals surface area contributed by atoms with E-state index in [-0.39, 0.29) is 6.61 Å². The number of hydrazone groups is 1. The van der Waals surface area contributed by atoms with E-state index in [4.69, 9.17) is 14.2 Å². The summed E-state index contributed by atoms with van der Waals surface area (Å²) >= 11 is 3.46. The number of amides is 2. The van der Waals surface area contributed by atoms with Crippen LogP contribution < -0.4 is 25.0 Å². The highest BCUT2D eigenvalue weighted by molar-refractivity contribution is 9.10. The van der Waals surface area contributed by atoms with Gasteiger partial charge in [0.05, 0.1) is 36.5 Å². The summed E-state index contributed by atoms with van der Waals surface area (Å²) in [5.74, 6) is 0.510. The van der Waals surface area contributed by atoms with Crippen molar-refractivity contribution in [1.82, 2.24) is 5.43 Å². The Labute approximate surface area is 216 Å². The molecular weight excluding hydrogens is 528 g/mol. The Balaban J connectivity index is 1.57. The topological polar surface area (TPSA) is 122 Å². The molecule has 184 valence electrons. The van der Waals surface area contributed by atoms with Crippen LogP contribution in [0.4, 0.5) is 5.69 Å². The SMILES string of the molecule is COc1ccc(NC(=O)CC(=O)NN=Cc2cc(Br)c(OCc3ccccc3C#N)c(OC)c2)cc1. The van der Waals surface area contributed by atoms with Crippen LogP contribution in [0.5, 0.6) is 17.2 Å². The van der Waals surface area contributed by atoms with E-state index in [1.165, 1.54) is 13.3 Å². The fraction of sp³-hybridized carbons (Fsp3) is 0.154. The highest BCUT2D eigenvalue weighted by Crippen LogP contribution is 2.37. The molecule has 3 rings (SSSR count). The van der Waals surface area contributed by atoms with Crippen LogP contribution in [0.15, 0.2) is 70.2 Å². The lowest BCUT2D eigenvalue weighted by Crippen LogP contribution is -2.24. The number of nitriles is 1. The van der Waals surface area contributed by atoms with Gasteiger partial charge in [-0.25, -0.2) is 5.43 Å². The Morgan fingerprint density at radius 2 is 1.81 bits per heavy atom. The van der Waals surface area contributed by atoms with Crippen LogP contribution in [-0.4, -0.2) is 32.2 Å². The minimum atomic E-state index is -0.570. The van der Waals surface area contributed by atoms with E-state index in [9.17, 15) is 14.9 Å². The Morgan fingerprint density at radius 1 is 1.06 bits per heavy atom. The van der Waals surface area contributed by atoms with Gasteiger partial charge < -0.3 is 19.5 Å². The fourth-order valence-corrected chi connectivity index (χ4v) is 3.68. The lowest BCUT2D eigenvalue weighted by molar-refractivity contribution is -0.126. The Kier molecular flexibility index (Phi) is 9.42. The van der Waals surface area contributed by atoms with E-state index in [0.29, 0.717) is 38.5 Å². The minimum Gasteiger partial charge on any atom is -0.497 e. The van der Waals surface area contributed by atoms with Crippen molar-refractivity contribution in [2.45, 2.75) is 13.0 Å². The van der Waals surface area contributed by atoms with Gasteiger partial charge in [0, 0.05) is 11.3 Å². The van der Waals surface area contributed by atoms with Crippen molar-refractivity contribution in [3.8, 4) is 23.3 Å². The van der Waals surface area contributed by atoms with E-state index >= 15 is 0 Å². The molecule has 0 aliphatic rings. The number of nitrogens with zero attached hydrogens (tertiary/aromatic N) is 2. The van der Waals surface area contributed by atoms with Gasteiger partial charge in [-0.15, -0.1) is 0 Å². The number of anilines is 1. The summed E-state index contributed by atoms with van der Waals surface area (Å²) in [4.78, 5) is 24.1. The van der Waals surface area contributed by atoms with Crippen LogP contribution in [0.2, 0.25) is 0 Å². The molecule has 0 spiro atoms. The first-order valence-electron chi connectivity index (χ1n) is 10.7. The summed E-state index contributed by atoms with van der Waals surface area (Å²) in [6.07, 6.45) is 1.02. The van der Waals surface area contributed by atoms with Gasteiger partial charge in [-0.1, -0.05) is 18.2 Å². The Morgan fingerprint density at radius 3 is 2.50 bits per heavy atom. The zero-order valence-corrected chi connectivity index (χ0v) is 21.2. The van der Waals surface area contributed by atoms with Crippen LogP contribution in [0.3, 0.4) is 0 Å². The summed E-state index contributed by atoms with van der Waals surface area (Å²) in [6.45, 7) is 0.181. The normalized spacial score (nSPS) is 10.4. The van der Waals surface area contributed by atoms with Gasteiger partial charge in [0.1, 0.15) is 18.8 Å². The zero-order chi connectivity index (χ0) is 25.9. The van der Waals surface area contributed by atoms with Crippen LogP contribution in [0.1, 0.15) is 23.1 Å². The van der Waals surface area contributed by atoms with Crippen molar-refractivity contribution in [2.24, 2.45) is 5.10 Å². The first kappa shape index (κ1) is 26.2. The number of benzene rings is 3. The van der Waals surface area contributed by atoms with Crippen LogP contribution in [-0.2, 0) is 16.2 Å². The molecule has 0 aliphatic heterocycles. The molecule has 0 atom stereocenters. The number of rotatable bonds is 10. The third-order valence-electron chi connectivity index (χ3n) is 4.86. The molecule has 0 radical (unpaired) electrons. The second-order valence-electron chi connectivity index (χ2n) is 7.34. The standard InChI is InChI=1S/C26H23BrN4O5/c1-34-21-9-7-20(8-10-21)30-24(32)13-25(33)31-29-15-17-11-22(27)26(23(12-17)35-2)36-16-19-6-4-3-5-18(19)14-28/h3-12,15H,13,16H2,1-2H3,(H,30,32)(H,31,33). The first-order chi connectivity index (χ1) is 17.4. The number of ether oxygens (including phenoxy) is 3. The van der Waals surface area contributed by atoms with Crippen molar-refractivity contribution in [2.75, 3.05) is 19.5 Å². The second kappa shape index (κ2) is 12.9. The van der Waals surface area contributed by atoms with Gasteiger partial charge >= 0.3 is 0 Å². The number of nitrogens with one attached hydrogen (secondary N) is 2. The maximum Gasteiger partial charge on any atom is 0.249 e. The molecular formula is C26H23BrN4O5. The van der Waals surface area contributed by atoms with E-state index in [2.05, 4.69) is 37.8 Å². The molecule has 2 N–H and O–H groups in total. The summed E-state index contributed by atoms with van der Waals surface area (Å²) in [6, 6.07) is 19.5. The molecule has 0 bridgehead atoms. The van der Waals surface area contributed by atoms with E-state index in [0.717, 1.165) is 5.56 Å². The van der Waals surface area contributed by atoms with E-state index in [1.54, 1.807) is 55.6 Å². The Bertz CT molecular complexity index is 1300. The van der Waals surface area contributed by atoms with Gasteiger partial charge in [0.15, 0.2) is 11.5 Å². The van der Waals surface area contributed by atoms with E-state index < -0.39 is 18.2 Å². The van der Waals surface area contributed by atoms with Gasteiger partial charge in [-0.2, -0.15) is 10.4 Å². The van der Waals surface area contributed by atoms with Crippen molar-refractivity contribution >= 4 is 39.6 Å². The summed E-state index contributed by atoms with van der Waals surface area (Å²) in [5, 5.41) is 15.8. The molecule has 0 aliphatic carbocycles. The smallest absolute Gasteiger partial charge is 0.249 e.